The average Bonchev–Trinajstić information content (AvgIpc) is 2.19. The van der Waals surface area contributed by atoms with Crippen LogP contribution < -0.4 is 5.32 Å². The Labute approximate surface area is 93.7 Å². The van der Waals surface area contributed by atoms with Crippen molar-refractivity contribution in [2.75, 3.05) is 5.32 Å². The molecule has 4 heteroatoms. The van der Waals surface area contributed by atoms with Crippen molar-refractivity contribution in [3.8, 4) is 0 Å². The van der Waals surface area contributed by atoms with Gasteiger partial charge in [-0.3, -0.25) is 9.59 Å². The fourth-order valence-electron chi connectivity index (χ4n) is 1.02. The van der Waals surface area contributed by atoms with Gasteiger partial charge in [-0.2, -0.15) is 0 Å². The Bertz CT molecular complexity index is 422. The number of anilines is 1. The quantitative estimate of drug-likeness (QED) is 0.783. The Morgan fingerprint density at radius 1 is 1.38 bits per heavy atom. The maximum absolute atomic E-state index is 13.4. The molecule has 0 heterocycles. The van der Waals surface area contributed by atoms with Crippen molar-refractivity contribution in [3.05, 3.63) is 29.6 Å². The second-order valence-corrected chi connectivity index (χ2v) is 4.56. The Morgan fingerprint density at radius 3 is 2.44 bits per heavy atom. The van der Waals surface area contributed by atoms with Crippen LogP contribution in [0.25, 0.3) is 0 Å². The lowest BCUT2D eigenvalue weighted by Crippen LogP contribution is -2.28. The molecule has 1 aromatic rings. The number of carbonyl (C=O) groups is 2. The van der Waals surface area contributed by atoms with E-state index >= 15 is 0 Å². The molecule has 0 aliphatic rings. The first-order valence-corrected chi connectivity index (χ1v) is 4.91. The third kappa shape index (κ3) is 2.89. The van der Waals surface area contributed by atoms with Crippen LogP contribution in [0.15, 0.2) is 18.2 Å². The van der Waals surface area contributed by atoms with Crippen molar-refractivity contribution in [3.63, 3.8) is 0 Å². The molecule has 1 amide bonds. The van der Waals surface area contributed by atoms with Crippen molar-refractivity contribution >= 4 is 17.9 Å². The van der Waals surface area contributed by atoms with Gasteiger partial charge in [-0.05, 0) is 18.2 Å². The van der Waals surface area contributed by atoms with Gasteiger partial charge in [0.1, 0.15) is 12.1 Å². The van der Waals surface area contributed by atoms with Crippen LogP contribution in [-0.4, -0.2) is 12.2 Å². The lowest BCUT2D eigenvalue weighted by molar-refractivity contribution is -0.123. The summed E-state index contributed by atoms with van der Waals surface area (Å²) in [5.41, 5.74) is -0.257. The maximum Gasteiger partial charge on any atom is 0.229 e. The fraction of sp³-hybridized carbons (Fsp3) is 0.333. The largest absolute Gasteiger partial charge is 0.323 e. The Morgan fingerprint density at radius 2 is 2.00 bits per heavy atom. The minimum Gasteiger partial charge on any atom is -0.323 e. The van der Waals surface area contributed by atoms with E-state index in [4.69, 9.17) is 0 Å². The number of halogens is 1. The van der Waals surface area contributed by atoms with Gasteiger partial charge in [-0.15, -0.1) is 0 Å². The molecule has 1 N–H and O–H groups in total. The van der Waals surface area contributed by atoms with Gasteiger partial charge in [-0.25, -0.2) is 4.39 Å². The number of hydrogen-bond acceptors (Lipinski definition) is 2. The third-order valence-electron chi connectivity index (χ3n) is 2.06. The number of hydrogen-bond donors (Lipinski definition) is 1. The predicted molar refractivity (Wildman–Crippen MR) is 59.9 cm³/mol. The van der Waals surface area contributed by atoms with Gasteiger partial charge < -0.3 is 5.32 Å². The second-order valence-electron chi connectivity index (χ2n) is 4.56. The van der Waals surface area contributed by atoms with Crippen molar-refractivity contribution in [1.29, 1.82) is 0 Å². The van der Waals surface area contributed by atoms with E-state index in [-0.39, 0.29) is 17.2 Å². The molecule has 1 rings (SSSR count). The van der Waals surface area contributed by atoms with E-state index in [1.807, 2.05) is 0 Å². The number of rotatable bonds is 2. The molecule has 0 fully saturated rings. The van der Waals surface area contributed by atoms with E-state index < -0.39 is 11.2 Å². The molecular weight excluding hydrogens is 209 g/mol. The summed E-state index contributed by atoms with van der Waals surface area (Å²) >= 11 is 0. The van der Waals surface area contributed by atoms with Crippen LogP contribution in [0.4, 0.5) is 10.1 Å². The summed E-state index contributed by atoms with van der Waals surface area (Å²) in [7, 11) is 0. The van der Waals surface area contributed by atoms with Crippen LogP contribution in [0.1, 0.15) is 31.1 Å². The van der Waals surface area contributed by atoms with Crippen LogP contribution in [0.5, 0.6) is 0 Å². The molecule has 0 aromatic heterocycles. The minimum absolute atomic E-state index is 0.0884. The molecule has 16 heavy (non-hydrogen) atoms. The van der Waals surface area contributed by atoms with E-state index in [0.717, 1.165) is 6.07 Å². The number of amides is 1. The minimum atomic E-state index is -0.609. The summed E-state index contributed by atoms with van der Waals surface area (Å²) in [5, 5.41) is 2.47. The Hall–Kier alpha value is -1.71. The zero-order valence-corrected chi connectivity index (χ0v) is 9.50. The van der Waals surface area contributed by atoms with Crippen LogP contribution in [0.2, 0.25) is 0 Å². The highest BCUT2D eigenvalue weighted by Crippen LogP contribution is 2.20. The summed E-state index contributed by atoms with van der Waals surface area (Å²) in [6, 6.07) is 3.92. The van der Waals surface area contributed by atoms with Crippen molar-refractivity contribution in [2.45, 2.75) is 20.8 Å². The summed E-state index contributed by atoms with van der Waals surface area (Å²) in [4.78, 5) is 22.0. The SMILES string of the molecule is CC(C)(C)C(=O)Nc1ccc(C=O)cc1F. The van der Waals surface area contributed by atoms with Crippen molar-refractivity contribution < 1.29 is 14.0 Å². The lowest BCUT2D eigenvalue weighted by Gasteiger charge is -2.17. The predicted octanol–water partition coefficient (Wildman–Crippen LogP) is 2.62. The molecule has 0 spiro atoms. The van der Waals surface area contributed by atoms with Crippen molar-refractivity contribution in [2.24, 2.45) is 5.41 Å². The first-order valence-electron chi connectivity index (χ1n) is 4.91. The van der Waals surface area contributed by atoms with Crippen LogP contribution in [-0.2, 0) is 4.79 Å². The molecule has 0 unspecified atom stereocenters. The normalized spacial score (nSPS) is 11.0. The molecule has 0 radical (unpaired) electrons. The standard InChI is InChI=1S/C12H14FNO2/c1-12(2,3)11(16)14-10-5-4-8(7-15)6-9(10)13/h4-7H,1-3H3,(H,14,16). The number of benzene rings is 1. The molecule has 0 saturated heterocycles. The molecule has 0 atom stereocenters. The molecular formula is C12H14FNO2. The fourth-order valence-corrected chi connectivity index (χ4v) is 1.02. The van der Waals surface area contributed by atoms with Gasteiger partial charge in [0.2, 0.25) is 5.91 Å². The number of nitrogens with one attached hydrogen (secondary N) is 1. The van der Waals surface area contributed by atoms with E-state index in [9.17, 15) is 14.0 Å². The van der Waals surface area contributed by atoms with Gasteiger partial charge in [0.05, 0.1) is 5.69 Å². The monoisotopic (exact) mass is 223 g/mol. The summed E-state index contributed by atoms with van der Waals surface area (Å²) in [5.74, 6) is -0.882. The number of carbonyl (C=O) groups excluding carboxylic acids is 2. The highest BCUT2D eigenvalue weighted by atomic mass is 19.1. The average molecular weight is 223 g/mol. The highest BCUT2D eigenvalue weighted by Gasteiger charge is 2.22. The van der Waals surface area contributed by atoms with Gasteiger partial charge >= 0.3 is 0 Å². The smallest absolute Gasteiger partial charge is 0.229 e. The Balaban J connectivity index is 2.91. The van der Waals surface area contributed by atoms with Crippen LogP contribution in [0, 0.1) is 11.2 Å². The first-order chi connectivity index (χ1) is 7.34. The molecule has 0 aliphatic heterocycles. The summed E-state index contributed by atoms with van der Waals surface area (Å²) < 4.78 is 13.4. The van der Waals surface area contributed by atoms with Crippen LogP contribution in [0.3, 0.4) is 0 Å². The lowest BCUT2D eigenvalue weighted by atomic mass is 9.95. The van der Waals surface area contributed by atoms with Crippen LogP contribution >= 0.6 is 0 Å². The zero-order chi connectivity index (χ0) is 12.3. The van der Waals surface area contributed by atoms with E-state index in [2.05, 4.69) is 5.32 Å². The number of aldehydes is 1. The highest BCUT2D eigenvalue weighted by molar-refractivity contribution is 5.94. The molecule has 0 saturated carbocycles. The Kier molecular flexibility index (Phi) is 3.42. The first kappa shape index (κ1) is 12.4. The topological polar surface area (TPSA) is 46.2 Å². The molecule has 86 valence electrons. The molecule has 0 bridgehead atoms. The van der Waals surface area contributed by atoms with Crippen molar-refractivity contribution in [1.82, 2.24) is 0 Å². The van der Waals surface area contributed by atoms with Gasteiger partial charge in [0.15, 0.2) is 0 Å². The summed E-state index contributed by atoms with van der Waals surface area (Å²) in [6.07, 6.45) is 0.554. The molecule has 3 nitrogen and oxygen atoms in total. The third-order valence-corrected chi connectivity index (χ3v) is 2.06. The second kappa shape index (κ2) is 4.43. The van der Waals surface area contributed by atoms with Gasteiger partial charge in [0.25, 0.3) is 0 Å². The zero-order valence-electron chi connectivity index (χ0n) is 9.50. The van der Waals surface area contributed by atoms with Gasteiger partial charge in [0, 0.05) is 11.0 Å². The molecule has 1 aromatic carbocycles. The maximum atomic E-state index is 13.4. The van der Waals surface area contributed by atoms with E-state index in [0.29, 0.717) is 6.29 Å². The van der Waals surface area contributed by atoms with E-state index in [1.54, 1.807) is 20.8 Å². The molecule has 0 aliphatic carbocycles. The van der Waals surface area contributed by atoms with Gasteiger partial charge in [-0.1, -0.05) is 20.8 Å². The van der Waals surface area contributed by atoms with E-state index in [1.165, 1.54) is 12.1 Å². The summed E-state index contributed by atoms with van der Waals surface area (Å²) in [6.45, 7) is 5.21.